The number of ketones is 1. The van der Waals surface area contributed by atoms with E-state index in [2.05, 4.69) is 15.9 Å². The molecule has 0 bridgehead atoms. The van der Waals surface area contributed by atoms with Crippen molar-refractivity contribution in [1.29, 1.82) is 0 Å². The highest BCUT2D eigenvalue weighted by Crippen LogP contribution is 2.27. The SMILES string of the molecule is O=C(O)C1CCC(Br)C1=O. The molecule has 1 saturated carbocycles. The van der Waals surface area contributed by atoms with Gasteiger partial charge in [-0.25, -0.2) is 0 Å². The average Bonchev–Trinajstić information content (AvgIpc) is 2.14. The Hall–Kier alpha value is -0.380. The molecule has 0 heterocycles. The smallest absolute Gasteiger partial charge is 0.314 e. The van der Waals surface area contributed by atoms with Crippen molar-refractivity contribution in [3.05, 3.63) is 0 Å². The average molecular weight is 207 g/mol. The molecule has 1 fully saturated rings. The van der Waals surface area contributed by atoms with Gasteiger partial charge < -0.3 is 5.11 Å². The van der Waals surface area contributed by atoms with Crippen LogP contribution in [0, 0.1) is 5.92 Å². The van der Waals surface area contributed by atoms with E-state index in [-0.39, 0.29) is 10.6 Å². The molecule has 1 rings (SSSR count). The van der Waals surface area contributed by atoms with E-state index in [0.717, 1.165) is 0 Å². The maximum absolute atomic E-state index is 10.9. The van der Waals surface area contributed by atoms with Crippen molar-refractivity contribution in [2.24, 2.45) is 5.92 Å². The maximum atomic E-state index is 10.9. The molecule has 0 saturated heterocycles. The van der Waals surface area contributed by atoms with E-state index >= 15 is 0 Å². The molecule has 0 radical (unpaired) electrons. The molecule has 2 unspecified atom stereocenters. The fraction of sp³-hybridized carbons (Fsp3) is 0.667. The van der Waals surface area contributed by atoms with Gasteiger partial charge in [0, 0.05) is 0 Å². The van der Waals surface area contributed by atoms with E-state index in [1.165, 1.54) is 0 Å². The summed E-state index contributed by atoms with van der Waals surface area (Å²) in [7, 11) is 0. The predicted octanol–water partition coefficient (Wildman–Crippen LogP) is 0.814. The Morgan fingerprint density at radius 1 is 1.60 bits per heavy atom. The third-order valence-electron chi connectivity index (χ3n) is 1.66. The second-order valence-electron chi connectivity index (χ2n) is 2.34. The number of alkyl halides is 1. The van der Waals surface area contributed by atoms with E-state index in [9.17, 15) is 9.59 Å². The summed E-state index contributed by atoms with van der Waals surface area (Å²) in [5.74, 6) is -1.94. The fourth-order valence-corrected chi connectivity index (χ4v) is 1.64. The number of carboxylic acids is 1. The summed E-state index contributed by atoms with van der Waals surface area (Å²) in [6.07, 6.45) is 1.12. The van der Waals surface area contributed by atoms with E-state index in [4.69, 9.17) is 5.11 Å². The molecule has 0 aliphatic heterocycles. The number of halogens is 1. The molecule has 0 aromatic carbocycles. The van der Waals surface area contributed by atoms with E-state index in [0.29, 0.717) is 12.8 Å². The lowest BCUT2D eigenvalue weighted by Crippen LogP contribution is -2.21. The molecular formula is C6H7BrO3. The topological polar surface area (TPSA) is 54.4 Å². The van der Waals surface area contributed by atoms with Crippen molar-refractivity contribution < 1.29 is 14.7 Å². The Morgan fingerprint density at radius 2 is 2.20 bits per heavy atom. The second-order valence-corrected chi connectivity index (χ2v) is 3.44. The van der Waals surface area contributed by atoms with Gasteiger partial charge in [-0.3, -0.25) is 9.59 Å². The largest absolute Gasteiger partial charge is 0.481 e. The van der Waals surface area contributed by atoms with Gasteiger partial charge in [-0.05, 0) is 12.8 Å². The molecule has 1 aliphatic rings. The number of aliphatic carboxylic acids is 1. The lowest BCUT2D eigenvalue weighted by atomic mass is 10.1. The number of Topliss-reactive ketones (excluding diaryl/α,β-unsaturated/α-hetero) is 1. The first-order valence-corrected chi connectivity index (χ1v) is 3.95. The van der Waals surface area contributed by atoms with Gasteiger partial charge in [-0.2, -0.15) is 0 Å². The second kappa shape index (κ2) is 2.70. The predicted molar refractivity (Wildman–Crippen MR) is 38.1 cm³/mol. The molecule has 1 N–H and O–H groups in total. The van der Waals surface area contributed by atoms with Crippen LogP contribution >= 0.6 is 15.9 Å². The summed E-state index contributed by atoms with van der Waals surface area (Å²) in [6.45, 7) is 0. The van der Waals surface area contributed by atoms with Crippen molar-refractivity contribution in [2.45, 2.75) is 17.7 Å². The third kappa shape index (κ3) is 1.21. The molecule has 0 aromatic rings. The van der Waals surface area contributed by atoms with Gasteiger partial charge in [0.15, 0.2) is 5.78 Å². The van der Waals surface area contributed by atoms with Gasteiger partial charge in [0.1, 0.15) is 5.92 Å². The quantitative estimate of drug-likeness (QED) is 0.511. The molecule has 0 amide bonds. The van der Waals surface area contributed by atoms with Crippen LogP contribution < -0.4 is 0 Å². The van der Waals surface area contributed by atoms with Crippen LogP contribution in [-0.2, 0) is 9.59 Å². The van der Waals surface area contributed by atoms with E-state index in [1.54, 1.807) is 0 Å². The van der Waals surface area contributed by atoms with Crippen molar-refractivity contribution >= 4 is 27.7 Å². The highest BCUT2D eigenvalue weighted by molar-refractivity contribution is 9.10. The lowest BCUT2D eigenvalue weighted by molar-refractivity contribution is -0.144. The van der Waals surface area contributed by atoms with Crippen LogP contribution in [0.5, 0.6) is 0 Å². The highest BCUT2D eigenvalue weighted by Gasteiger charge is 2.37. The highest BCUT2D eigenvalue weighted by atomic mass is 79.9. The Kier molecular flexibility index (Phi) is 2.08. The summed E-state index contributed by atoms with van der Waals surface area (Å²) in [5.41, 5.74) is 0. The zero-order chi connectivity index (χ0) is 7.72. The van der Waals surface area contributed by atoms with E-state index in [1.807, 2.05) is 0 Å². The van der Waals surface area contributed by atoms with Crippen LogP contribution in [0.15, 0.2) is 0 Å². The number of hydrogen-bond acceptors (Lipinski definition) is 2. The number of carbonyl (C=O) groups excluding carboxylic acids is 1. The van der Waals surface area contributed by atoms with Crippen LogP contribution in [0.2, 0.25) is 0 Å². The molecule has 2 atom stereocenters. The molecule has 10 heavy (non-hydrogen) atoms. The molecule has 4 heteroatoms. The lowest BCUT2D eigenvalue weighted by Gasteiger charge is -1.98. The summed E-state index contributed by atoms with van der Waals surface area (Å²) in [4.78, 5) is 21.0. The maximum Gasteiger partial charge on any atom is 0.314 e. The minimum atomic E-state index is -0.994. The van der Waals surface area contributed by atoms with Gasteiger partial charge in [-0.15, -0.1) is 0 Å². The number of hydrogen-bond donors (Lipinski definition) is 1. The van der Waals surface area contributed by atoms with Crippen LogP contribution in [-0.4, -0.2) is 21.7 Å². The molecule has 3 nitrogen and oxygen atoms in total. The molecule has 1 aliphatic carbocycles. The van der Waals surface area contributed by atoms with Gasteiger partial charge in [0.25, 0.3) is 0 Å². The molecular weight excluding hydrogens is 200 g/mol. The summed E-state index contributed by atoms with van der Waals surface area (Å²) in [6, 6.07) is 0. The van der Waals surface area contributed by atoms with Gasteiger partial charge in [0.05, 0.1) is 4.83 Å². The number of carboxylic acid groups (broad SMARTS) is 1. The molecule has 0 spiro atoms. The van der Waals surface area contributed by atoms with Crippen LogP contribution in [0.25, 0.3) is 0 Å². The van der Waals surface area contributed by atoms with Gasteiger partial charge >= 0.3 is 5.97 Å². The fourth-order valence-electron chi connectivity index (χ4n) is 1.06. The van der Waals surface area contributed by atoms with Crippen molar-refractivity contribution in [1.82, 2.24) is 0 Å². The van der Waals surface area contributed by atoms with Crippen molar-refractivity contribution in [3.63, 3.8) is 0 Å². The van der Waals surface area contributed by atoms with Crippen LogP contribution in [0.4, 0.5) is 0 Å². The van der Waals surface area contributed by atoms with Crippen LogP contribution in [0.1, 0.15) is 12.8 Å². The first kappa shape index (κ1) is 7.72. The zero-order valence-electron chi connectivity index (χ0n) is 5.21. The van der Waals surface area contributed by atoms with Gasteiger partial charge in [-0.1, -0.05) is 15.9 Å². The first-order chi connectivity index (χ1) is 4.63. The Labute approximate surface area is 66.5 Å². The monoisotopic (exact) mass is 206 g/mol. The Morgan fingerprint density at radius 3 is 2.40 bits per heavy atom. The third-order valence-corrected chi connectivity index (χ3v) is 2.57. The molecule has 56 valence electrons. The van der Waals surface area contributed by atoms with Crippen molar-refractivity contribution in [3.8, 4) is 0 Å². The summed E-state index contributed by atoms with van der Waals surface area (Å²) in [5, 5.41) is 8.46. The number of carbonyl (C=O) groups is 2. The summed E-state index contributed by atoms with van der Waals surface area (Å²) >= 11 is 3.10. The zero-order valence-corrected chi connectivity index (χ0v) is 6.80. The Balaban J connectivity index is 2.66. The number of rotatable bonds is 1. The normalized spacial score (nSPS) is 32.7. The summed E-state index contributed by atoms with van der Waals surface area (Å²) < 4.78 is 0. The molecule has 0 aromatic heterocycles. The Bertz CT molecular complexity index is 178. The van der Waals surface area contributed by atoms with Gasteiger partial charge in [0.2, 0.25) is 0 Å². The minimum absolute atomic E-state index is 0.187. The minimum Gasteiger partial charge on any atom is -0.481 e. The van der Waals surface area contributed by atoms with Crippen LogP contribution in [0.3, 0.4) is 0 Å². The van der Waals surface area contributed by atoms with Crippen molar-refractivity contribution in [2.75, 3.05) is 0 Å². The first-order valence-electron chi connectivity index (χ1n) is 3.03. The standard InChI is InChI=1S/C6H7BrO3/c7-4-2-1-3(5(4)8)6(9)10/h3-4H,1-2H2,(H,9,10). The van der Waals surface area contributed by atoms with E-state index < -0.39 is 11.9 Å².